The molecule has 0 saturated carbocycles. The second kappa shape index (κ2) is 6.86. The van der Waals surface area contributed by atoms with Gasteiger partial charge in [-0.25, -0.2) is 0 Å². The molecule has 104 valence electrons. The Hall–Kier alpha value is -0.390. The second-order valence-electron chi connectivity index (χ2n) is 4.72. The van der Waals surface area contributed by atoms with Crippen molar-refractivity contribution in [3.05, 3.63) is 32.7 Å². The van der Waals surface area contributed by atoms with Crippen molar-refractivity contribution >= 4 is 37.8 Å². The van der Waals surface area contributed by atoms with Crippen LogP contribution >= 0.6 is 31.9 Å². The maximum atomic E-state index is 12.7. The van der Waals surface area contributed by atoms with Gasteiger partial charge in [0.05, 0.1) is 5.56 Å². The number of carbonyl (C=O) groups is 1. The zero-order valence-corrected chi connectivity index (χ0v) is 14.1. The Morgan fingerprint density at radius 2 is 2.26 bits per heavy atom. The lowest BCUT2D eigenvalue weighted by Gasteiger charge is -2.34. The summed E-state index contributed by atoms with van der Waals surface area (Å²) in [7, 11) is 0. The summed E-state index contributed by atoms with van der Waals surface area (Å²) in [5.74, 6) is 0.107. The topological polar surface area (TPSA) is 32.3 Å². The van der Waals surface area contributed by atoms with E-state index in [-0.39, 0.29) is 5.91 Å². The highest BCUT2D eigenvalue weighted by Gasteiger charge is 2.25. The molecule has 1 amide bonds. The van der Waals surface area contributed by atoms with Crippen molar-refractivity contribution in [1.82, 2.24) is 10.2 Å². The lowest BCUT2D eigenvalue weighted by Crippen LogP contribution is -2.48. The predicted molar refractivity (Wildman–Crippen MR) is 84.4 cm³/mol. The molecule has 1 saturated heterocycles. The number of hydrogen-bond acceptors (Lipinski definition) is 2. The number of hydrogen-bond donors (Lipinski definition) is 1. The highest BCUT2D eigenvalue weighted by Crippen LogP contribution is 2.24. The van der Waals surface area contributed by atoms with Crippen molar-refractivity contribution in [3.63, 3.8) is 0 Å². The largest absolute Gasteiger partial charge is 0.335 e. The standard InChI is InChI=1S/C14H18Br2N2O/c1-2-18(11-4-3-7-17-9-11)14(19)12-6-5-10(15)8-13(12)16/h5-6,8,11,17H,2-4,7,9H2,1H3. The molecular weight excluding hydrogens is 372 g/mol. The van der Waals surface area contributed by atoms with E-state index in [0.717, 1.165) is 47.0 Å². The molecule has 2 rings (SSSR count). The summed E-state index contributed by atoms with van der Waals surface area (Å²) < 4.78 is 1.81. The van der Waals surface area contributed by atoms with Gasteiger partial charge in [0.15, 0.2) is 0 Å². The monoisotopic (exact) mass is 388 g/mol. The molecule has 0 radical (unpaired) electrons. The lowest BCUT2D eigenvalue weighted by atomic mass is 10.0. The minimum atomic E-state index is 0.107. The average Bonchev–Trinajstić information content (AvgIpc) is 2.40. The fraction of sp³-hybridized carbons (Fsp3) is 0.500. The lowest BCUT2D eigenvalue weighted by molar-refractivity contribution is 0.0661. The summed E-state index contributed by atoms with van der Waals surface area (Å²) >= 11 is 6.89. The van der Waals surface area contributed by atoms with E-state index in [1.165, 1.54) is 0 Å². The Labute approximate surface area is 131 Å². The molecule has 0 bridgehead atoms. The summed E-state index contributed by atoms with van der Waals surface area (Å²) in [6.07, 6.45) is 2.22. The molecule has 1 N–H and O–H groups in total. The maximum Gasteiger partial charge on any atom is 0.255 e. The molecule has 1 fully saturated rings. The maximum absolute atomic E-state index is 12.7. The van der Waals surface area contributed by atoms with E-state index in [2.05, 4.69) is 37.2 Å². The third kappa shape index (κ3) is 3.58. The Morgan fingerprint density at radius 1 is 1.47 bits per heavy atom. The Morgan fingerprint density at radius 3 is 2.84 bits per heavy atom. The van der Waals surface area contributed by atoms with Crippen molar-refractivity contribution in [2.75, 3.05) is 19.6 Å². The number of rotatable bonds is 3. The number of piperidine rings is 1. The van der Waals surface area contributed by atoms with E-state index in [4.69, 9.17) is 0 Å². The van der Waals surface area contributed by atoms with Crippen molar-refractivity contribution in [1.29, 1.82) is 0 Å². The molecule has 0 spiro atoms. The minimum Gasteiger partial charge on any atom is -0.335 e. The van der Waals surface area contributed by atoms with E-state index >= 15 is 0 Å². The third-order valence-electron chi connectivity index (χ3n) is 3.47. The molecule has 1 atom stereocenters. The van der Waals surface area contributed by atoms with Crippen LogP contribution in [0.4, 0.5) is 0 Å². The van der Waals surface area contributed by atoms with Gasteiger partial charge in [0, 0.05) is 28.1 Å². The molecule has 1 aliphatic rings. The number of nitrogens with zero attached hydrogens (tertiary/aromatic N) is 1. The van der Waals surface area contributed by atoms with Crippen LogP contribution in [0.3, 0.4) is 0 Å². The quantitative estimate of drug-likeness (QED) is 0.858. The SMILES string of the molecule is CCN(C(=O)c1ccc(Br)cc1Br)C1CCCNC1. The van der Waals surface area contributed by atoms with Gasteiger partial charge in [0.1, 0.15) is 0 Å². The zero-order valence-electron chi connectivity index (χ0n) is 11.0. The summed E-state index contributed by atoms with van der Waals surface area (Å²) in [6, 6.07) is 6.00. The normalized spacial score (nSPS) is 19.2. The van der Waals surface area contributed by atoms with Gasteiger partial charge >= 0.3 is 0 Å². The van der Waals surface area contributed by atoms with Gasteiger partial charge in [-0.05, 0) is 60.4 Å². The van der Waals surface area contributed by atoms with Crippen LogP contribution in [-0.4, -0.2) is 36.5 Å². The number of likely N-dealkylation sites (N-methyl/N-ethyl adjacent to an activating group) is 1. The zero-order chi connectivity index (χ0) is 13.8. The van der Waals surface area contributed by atoms with E-state index in [0.29, 0.717) is 6.04 Å². The van der Waals surface area contributed by atoms with Crippen LogP contribution in [0.25, 0.3) is 0 Å². The summed E-state index contributed by atoms with van der Waals surface area (Å²) in [6.45, 7) is 4.74. The Bertz CT molecular complexity index is 459. The van der Waals surface area contributed by atoms with Gasteiger partial charge in [-0.1, -0.05) is 15.9 Å². The first-order valence-electron chi connectivity index (χ1n) is 6.60. The van der Waals surface area contributed by atoms with Crippen LogP contribution in [0.2, 0.25) is 0 Å². The average molecular weight is 390 g/mol. The van der Waals surface area contributed by atoms with Crippen LogP contribution in [-0.2, 0) is 0 Å². The predicted octanol–water partition coefficient (Wildman–Crippen LogP) is 3.43. The third-order valence-corrected chi connectivity index (χ3v) is 4.62. The van der Waals surface area contributed by atoms with E-state index in [9.17, 15) is 4.79 Å². The number of nitrogens with one attached hydrogen (secondary N) is 1. The van der Waals surface area contributed by atoms with Crippen molar-refractivity contribution in [3.8, 4) is 0 Å². The van der Waals surface area contributed by atoms with Crippen molar-refractivity contribution in [2.24, 2.45) is 0 Å². The summed E-state index contributed by atoms with van der Waals surface area (Å²) in [5.41, 5.74) is 0.732. The highest BCUT2D eigenvalue weighted by molar-refractivity contribution is 9.11. The van der Waals surface area contributed by atoms with E-state index < -0.39 is 0 Å². The molecule has 1 unspecified atom stereocenters. The molecular formula is C14H18Br2N2O. The molecule has 19 heavy (non-hydrogen) atoms. The molecule has 1 aromatic rings. The van der Waals surface area contributed by atoms with Gasteiger partial charge in [-0.3, -0.25) is 4.79 Å². The molecule has 0 aliphatic carbocycles. The van der Waals surface area contributed by atoms with Crippen molar-refractivity contribution in [2.45, 2.75) is 25.8 Å². The molecule has 5 heteroatoms. The minimum absolute atomic E-state index is 0.107. The first-order chi connectivity index (χ1) is 9.13. The molecule has 0 aromatic heterocycles. The summed E-state index contributed by atoms with van der Waals surface area (Å²) in [5, 5.41) is 3.37. The van der Waals surface area contributed by atoms with Crippen LogP contribution in [0.15, 0.2) is 27.1 Å². The van der Waals surface area contributed by atoms with Gasteiger partial charge < -0.3 is 10.2 Å². The number of amides is 1. The second-order valence-corrected chi connectivity index (χ2v) is 6.49. The Balaban J connectivity index is 2.19. The van der Waals surface area contributed by atoms with Gasteiger partial charge in [0.25, 0.3) is 5.91 Å². The van der Waals surface area contributed by atoms with Crippen LogP contribution in [0, 0.1) is 0 Å². The first-order valence-corrected chi connectivity index (χ1v) is 8.18. The van der Waals surface area contributed by atoms with Gasteiger partial charge in [-0.2, -0.15) is 0 Å². The van der Waals surface area contributed by atoms with Gasteiger partial charge in [-0.15, -0.1) is 0 Å². The fourth-order valence-corrected chi connectivity index (χ4v) is 3.70. The smallest absolute Gasteiger partial charge is 0.255 e. The first kappa shape index (κ1) is 15.0. The molecule has 1 aromatic carbocycles. The molecule has 3 nitrogen and oxygen atoms in total. The van der Waals surface area contributed by atoms with E-state index in [1.807, 2.05) is 30.0 Å². The molecule has 1 aliphatic heterocycles. The molecule has 1 heterocycles. The Kier molecular flexibility index (Phi) is 5.42. The van der Waals surface area contributed by atoms with Crippen LogP contribution in [0.5, 0.6) is 0 Å². The van der Waals surface area contributed by atoms with Crippen LogP contribution < -0.4 is 5.32 Å². The van der Waals surface area contributed by atoms with Gasteiger partial charge in [0.2, 0.25) is 0 Å². The van der Waals surface area contributed by atoms with E-state index in [1.54, 1.807) is 0 Å². The van der Waals surface area contributed by atoms with Crippen LogP contribution in [0.1, 0.15) is 30.1 Å². The summed E-state index contributed by atoms with van der Waals surface area (Å²) in [4.78, 5) is 14.6. The fourth-order valence-electron chi connectivity index (χ4n) is 2.48. The number of benzene rings is 1. The van der Waals surface area contributed by atoms with Crippen molar-refractivity contribution < 1.29 is 4.79 Å². The highest BCUT2D eigenvalue weighted by atomic mass is 79.9. The number of carbonyl (C=O) groups excluding carboxylic acids is 1. The number of halogens is 2.